The van der Waals surface area contributed by atoms with E-state index in [1.807, 2.05) is 0 Å². The normalized spacial score (nSPS) is 11.2. The molecular weight excluding hydrogens is 229 g/mol. The van der Waals surface area contributed by atoms with Crippen LogP contribution in [0.15, 0.2) is 17.3 Å². The average molecular weight is 234 g/mol. The summed E-state index contributed by atoms with van der Waals surface area (Å²) in [7, 11) is 0. The minimum absolute atomic E-state index is 0.161. The zero-order chi connectivity index (χ0) is 12.5. The summed E-state index contributed by atoms with van der Waals surface area (Å²) in [4.78, 5) is 19.5. The van der Waals surface area contributed by atoms with E-state index in [1.54, 1.807) is 0 Å². The van der Waals surface area contributed by atoms with E-state index in [4.69, 9.17) is 0 Å². The van der Waals surface area contributed by atoms with Crippen molar-refractivity contribution in [3.05, 3.63) is 38.3 Å². The van der Waals surface area contributed by atoms with E-state index < -0.39 is 28.0 Å². The summed E-state index contributed by atoms with van der Waals surface area (Å²) < 4.78 is 37.5. The molecule has 1 aromatic carbocycles. The van der Waals surface area contributed by atoms with Gasteiger partial charge in [-0.25, -0.2) is 0 Å². The lowest BCUT2D eigenvalue weighted by Gasteiger charge is -2.09. The Balaban J connectivity index is 3.65. The van der Waals surface area contributed by atoms with Gasteiger partial charge in [0.1, 0.15) is 5.69 Å². The molecule has 0 unspecified atom stereocenters. The maximum Gasteiger partial charge on any atom is 0.425 e. The molecule has 0 aromatic heterocycles. The van der Waals surface area contributed by atoms with Crippen LogP contribution in [0.2, 0.25) is 0 Å². The standard InChI is InChI=1S/C8H5F3N2O3/c1-4-2-5(12-14)7(8(9,10)11)6(3-4)13(15)16/h2-3H,1H3. The number of hydrogen-bond donors (Lipinski definition) is 0. The summed E-state index contributed by atoms with van der Waals surface area (Å²) in [6.07, 6.45) is -4.99. The maximum atomic E-state index is 12.5. The molecule has 86 valence electrons. The quantitative estimate of drug-likeness (QED) is 0.447. The Morgan fingerprint density at radius 1 is 1.38 bits per heavy atom. The van der Waals surface area contributed by atoms with Gasteiger partial charge < -0.3 is 0 Å². The first kappa shape index (κ1) is 12.1. The molecule has 1 aromatic rings. The molecule has 0 spiro atoms. The van der Waals surface area contributed by atoms with Crippen molar-refractivity contribution in [3.63, 3.8) is 0 Å². The van der Waals surface area contributed by atoms with Crippen LogP contribution in [0.3, 0.4) is 0 Å². The fourth-order valence-electron chi connectivity index (χ4n) is 1.25. The number of benzene rings is 1. The highest BCUT2D eigenvalue weighted by atomic mass is 19.4. The van der Waals surface area contributed by atoms with Gasteiger partial charge in [-0.3, -0.25) is 10.1 Å². The molecule has 0 aliphatic carbocycles. The van der Waals surface area contributed by atoms with E-state index in [9.17, 15) is 28.2 Å². The fourth-order valence-corrected chi connectivity index (χ4v) is 1.25. The van der Waals surface area contributed by atoms with Crippen molar-refractivity contribution in [1.82, 2.24) is 0 Å². The van der Waals surface area contributed by atoms with Crippen LogP contribution in [0.25, 0.3) is 0 Å². The Hall–Kier alpha value is -1.99. The number of nitrogens with zero attached hydrogens (tertiary/aromatic N) is 2. The van der Waals surface area contributed by atoms with Crippen molar-refractivity contribution < 1.29 is 18.1 Å². The largest absolute Gasteiger partial charge is 0.425 e. The maximum absolute atomic E-state index is 12.5. The number of alkyl halides is 3. The molecule has 0 heterocycles. The number of nitro benzene ring substituents is 1. The molecule has 8 heteroatoms. The van der Waals surface area contributed by atoms with Crippen LogP contribution >= 0.6 is 0 Å². The number of halogens is 3. The third kappa shape index (κ3) is 2.15. The smallest absolute Gasteiger partial charge is 0.258 e. The first-order valence-electron chi connectivity index (χ1n) is 3.97. The molecule has 0 aliphatic rings. The highest BCUT2D eigenvalue weighted by Gasteiger charge is 2.41. The molecule has 0 radical (unpaired) electrons. The average Bonchev–Trinajstić information content (AvgIpc) is 2.14. The van der Waals surface area contributed by atoms with E-state index in [0.29, 0.717) is 0 Å². The van der Waals surface area contributed by atoms with Crippen molar-refractivity contribution in [2.45, 2.75) is 13.1 Å². The lowest BCUT2D eigenvalue weighted by molar-refractivity contribution is -0.388. The number of rotatable bonds is 2. The summed E-state index contributed by atoms with van der Waals surface area (Å²) >= 11 is 0. The van der Waals surface area contributed by atoms with E-state index in [2.05, 4.69) is 5.18 Å². The van der Waals surface area contributed by atoms with Gasteiger partial charge in [0.05, 0.1) is 4.92 Å². The van der Waals surface area contributed by atoms with Crippen LogP contribution in [0.5, 0.6) is 0 Å². The van der Waals surface area contributed by atoms with E-state index >= 15 is 0 Å². The van der Waals surface area contributed by atoms with Gasteiger partial charge in [-0.1, -0.05) is 0 Å². The Kier molecular flexibility index (Phi) is 2.92. The predicted molar refractivity (Wildman–Crippen MR) is 48.3 cm³/mol. The van der Waals surface area contributed by atoms with E-state index in [1.165, 1.54) is 6.92 Å². The van der Waals surface area contributed by atoms with Crippen molar-refractivity contribution in [2.24, 2.45) is 5.18 Å². The predicted octanol–water partition coefficient (Wildman–Crippen LogP) is 3.32. The Labute approximate surface area is 87.0 Å². The molecule has 0 atom stereocenters. The molecule has 0 N–H and O–H groups in total. The molecular formula is C8H5F3N2O3. The zero-order valence-electron chi connectivity index (χ0n) is 7.91. The van der Waals surface area contributed by atoms with Crippen molar-refractivity contribution in [2.75, 3.05) is 0 Å². The minimum atomic E-state index is -4.99. The van der Waals surface area contributed by atoms with Crippen LogP contribution in [0.4, 0.5) is 24.5 Å². The molecule has 16 heavy (non-hydrogen) atoms. The third-order valence-corrected chi connectivity index (χ3v) is 1.82. The highest BCUT2D eigenvalue weighted by Crippen LogP contribution is 2.42. The Bertz CT molecular complexity index is 457. The molecule has 0 saturated carbocycles. The van der Waals surface area contributed by atoms with Crippen LogP contribution in [-0.4, -0.2) is 4.92 Å². The summed E-state index contributed by atoms with van der Waals surface area (Å²) in [6, 6.07) is 1.60. The second kappa shape index (κ2) is 3.87. The monoisotopic (exact) mass is 234 g/mol. The molecule has 5 nitrogen and oxygen atoms in total. The summed E-state index contributed by atoms with van der Waals surface area (Å²) in [5.41, 5.74) is -3.59. The van der Waals surface area contributed by atoms with Gasteiger partial charge in [0, 0.05) is 6.07 Å². The van der Waals surface area contributed by atoms with Crippen LogP contribution in [0.1, 0.15) is 11.1 Å². The fraction of sp³-hybridized carbons (Fsp3) is 0.250. The number of nitro groups is 1. The second-order valence-corrected chi connectivity index (χ2v) is 3.02. The van der Waals surface area contributed by atoms with Crippen LogP contribution < -0.4 is 0 Å². The van der Waals surface area contributed by atoms with Gasteiger partial charge in [-0.15, -0.1) is 4.91 Å². The van der Waals surface area contributed by atoms with Crippen LogP contribution in [0, 0.1) is 21.9 Å². The first-order valence-corrected chi connectivity index (χ1v) is 3.97. The molecule has 0 saturated heterocycles. The minimum Gasteiger partial charge on any atom is -0.258 e. The molecule has 1 rings (SSSR count). The summed E-state index contributed by atoms with van der Waals surface area (Å²) in [5, 5.41) is 12.6. The number of nitroso groups, excluding NO2 is 1. The molecule has 0 amide bonds. The zero-order valence-corrected chi connectivity index (χ0v) is 7.91. The number of aryl methyl sites for hydroxylation is 1. The van der Waals surface area contributed by atoms with Gasteiger partial charge in [0.25, 0.3) is 5.69 Å². The van der Waals surface area contributed by atoms with E-state index in [-0.39, 0.29) is 5.56 Å². The lowest BCUT2D eigenvalue weighted by atomic mass is 10.1. The molecule has 0 fully saturated rings. The van der Waals surface area contributed by atoms with Crippen molar-refractivity contribution in [3.8, 4) is 0 Å². The SMILES string of the molecule is Cc1cc(N=O)c(C(F)(F)F)c([N+](=O)[O-])c1. The summed E-state index contributed by atoms with van der Waals surface area (Å²) in [5.74, 6) is 0. The highest BCUT2D eigenvalue weighted by molar-refractivity contribution is 5.60. The second-order valence-electron chi connectivity index (χ2n) is 3.02. The topological polar surface area (TPSA) is 72.6 Å². The molecule has 0 aliphatic heterocycles. The number of hydrogen-bond acceptors (Lipinski definition) is 4. The van der Waals surface area contributed by atoms with Gasteiger partial charge in [0.15, 0.2) is 5.56 Å². The van der Waals surface area contributed by atoms with Gasteiger partial charge in [-0.2, -0.15) is 13.2 Å². The van der Waals surface area contributed by atoms with Gasteiger partial charge in [0.2, 0.25) is 0 Å². The first-order chi connectivity index (χ1) is 7.27. The van der Waals surface area contributed by atoms with E-state index in [0.717, 1.165) is 12.1 Å². The van der Waals surface area contributed by atoms with Crippen LogP contribution in [-0.2, 0) is 6.18 Å². The van der Waals surface area contributed by atoms with Crippen molar-refractivity contribution in [1.29, 1.82) is 0 Å². The summed E-state index contributed by atoms with van der Waals surface area (Å²) in [6.45, 7) is 1.34. The van der Waals surface area contributed by atoms with Crippen molar-refractivity contribution >= 4 is 11.4 Å². The van der Waals surface area contributed by atoms with Gasteiger partial charge in [-0.05, 0) is 23.7 Å². The Morgan fingerprint density at radius 3 is 2.31 bits per heavy atom. The molecule has 0 bridgehead atoms. The Morgan fingerprint density at radius 2 is 1.94 bits per heavy atom. The lowest BCUT2D eigenvalue weighted by Crippen LogP contribution is -2.09. The van der Waals surface area contributed by atoms with Gasteiger partial charge >= 0.3 is 6.18 Å². The third-order valence-electron chi connectivity index (χ3n) is 1.82.